The van der Waals surface area contributed by atoms with Crippen LogP contribution in [0.3, 0.4) is 0 Å². The first-order chi connectivity index (χ1) is 27.1. The van der Waals surface area contributed by atoms with E-state index in [0.717, 1.165) is 44.7 Å². The Labute approximate surface area is 322 Å². The van der Waals surface area contributed by atoms with Crippen molar-refractivity contribution in [2.75, 3.05) is 4.90 Å². The molecule has 0 saturated heterocycles. The molecule has 0 amide bonds. The maximum atomic E-state index is 6.67. The SMILES string of the molecule is C=C/C=C\C=C(/C)c1ccc(N(c2ccc(-c3ccc(-c4ccccc4)cc3)cc2)c2ccc(-c3cc4c5ccccc5c5ccccc5c4o3)cc2)cc1. The molecule has 0 aliphatic heterocycles. The second-order valence-corrected chi connectivity index (χ2v) is 13.8. The van der Waals surface area contributed by atoms with Gasteiger partial charge in [0.2, 0.25) is 0 Å². The summed E-state index contributed by atoms with van der Waals surface area (Å²) in [6.45, 7) is 5.92. The molecule has 0 fully saturated rings. The molecule has 0 atom stereocenters. The predicted molar refractivity (Wildman–Crippen MR) is 235 cm³/mol. The summed E-state index contributed by atoms with van der Waals surface area (Å²) in [7, 11) is 0. The third-order valence-corrected chi connectivity index (χ3v) is 10.4. The molecule has 262 valence electrons. The van der Waals surface area contributed by atoms with Gasteiger partial charge in [0, 0.05) is 33.4 Å². The van der Waals surface area contributed by atoms with Crippen LogP contribution >= 0.6 is 0 Å². The Kier molecular flexibility index (Phi) is 8.99. The summed E-state index contributed by atoms with van der Waals surface area (Å²) in [6.07, 6.45) is 7.87. The summed E-state index contributed by atoms with van der Waals surface area (Å²) in [5, 5.41) is 5.91. The molecule has 2 nitrogen and oxygen atoms in total. The van der Waals surface area contributed by atoms with Gasteiger partial charge < -0.3 is 9.32 Å². The molecule has 9 rings (SSSR count). The number of anilines is 3. The number of fused-ring (bicyclic) bond motifs is 6. The van der Waals surface area contributed by atoms with E-state index < -0.39 is 0 Å². The molecule has 9 aromatic rings. The number of furan rings is 1. The van der Waals surface area contributed by atoms with Crippen LogP contribution in [0, 0.1) is 0 Å². The van der Waals surface area contributed by atoms with E-state index in [0.29, 0.717) is 0 Å². The standard InChI is InChI=1S/C53H39NO/c1-3-4-6-13-37(2)38-24-30-44(31-25-38)54(45-32-26-42(27-33-45)41-22-20-40(21-23-41)39-14-7-5-8-15-39)46-34-28-43(29-35-46)52-36-51-49-18-10-9-16-47(49)48-17-11-12-19-50(48)53(51)55-52/h3-36H,1H2,2H3/b6-4-,37-13+. The van der Waals surface area contributed by atoms with E-state index in [9.17, 15) is 0 Å². The Morgan fingerprint density at radius 2 is 0.891 bits per heavy atom. The minimum atomic E-state index is 0.856. The van der Waals surface area contributed by atoms with E-state index in [-0.39, 0.29) is 0 Å². The smallest absolute Gasteiger partial charge is 0.143 e. The summed E-state index contributed by atoms with van der Waals surface area (Å²) in [4.78, 5) is 2.31. The van der Waals surface area contributed by atoms with Crippen molar-refractivity contribution >= 4 is 55.1 Å². The van der Waals surface area contributed by atoms with Gasteiger partial charge in [-0.15, -0.1) is 0 Å². The largest absolute Gasteiger partial charge is 0.455 e. The van der Waals surface area contributed by atoms with Gasteiger partial charge in [-0.05, 0) is 111 Å². The molecule has 2 heteroatoms. The van der Waals surface area contributed by atoms with Crippen molar-refractivity contribution in [3.8, 4) is 33.6 Å². The lowest BCUT2D eigenvalue weighted by Gasteiger charge is -2.26. The lowest BCUT2D eigenvalue weighted by molar-refractivity contribution is 0.635. The van der Waals surface area contributed by atoms with Crippen molar-refractivity contribution in [2.45, 2.75) is 6.92 Å². The van der Waals surface area contributed by atoms with E-state index in [4.69, 9.17) is 4.42 Å². The highest BCUT2D eigenvalue weighted by Gasteiger charge is 2.17. The van der Waals surface area contributed by atoms with E-state index in [1.54, 1.807) is 6.08 Å². The van der Waals surface area contributed by atoms with Crippen molar-refractivity contribution in [3.63, 3.8) is 0 Å². The maximum Gasteiger partial charge on any atom is 0.143 e. The lowest BCUT2D eigenvalue weighted by atomic mass is 9.98. The molecule has 1 heterocycles. The van der Waals surface area contributed by atoms with Crippen molar-refractivity contribution in [2.24, 2.45) is 0 Å². The van der Waals surface area contributed by atoms with E-state index in [2.05, 4.69) is 206 Å². The van der Waals surface area contributed by atoms with Gasteiger partial charge in [0.25, 0.3) is 0 Å². The minimum Gasteiger partial charge on any atom is -0.455 e. The van der Waals surface area contributed by atoms with Crippen molar-refractivity contribution in [1.29, 1.82) is 0 Å². The van der Waals surface area contributed by atoms with Crippen LogP contribution in [0.4, 0.5) is 17.1 Å². The van der Waals surface area contributed by atoms with E-state index in [1.165, 1.54) is 49.5 Å². The molecule has 0 radical (unpaired) electrons. The Hall–Kier alpha value is -7.16. The molecule has 1 aromatic heterocycles. The zero-order chi connectivity index (χ0) is 37.1. The fourth-order valence-corrected chi connectivity index (χ4v) is 7.56. The fourth-order valence-electron chi connectivity index (χ4n) is 7.56. The number of rotatable bonds is 9. The Morgan fingerprint density at radius 1 is 0.455 bits per heavy atom. The monoisotopic (exact) mass is 705 g/mol. The van der Waals surface area contributed by atoms with Gasteiger partial charge in [0.05, 0.1) is 0 Å². The van der Waals surface area contributed by atoms with Crippen LogP contribution in [0.2, 0.25) is 0 Å². The lowest BCUT2D eigenvalue weighted by Crippen LogP contribution is -2.09. The summed E-state index contributed by atoms with van der Waals surface area (Å²) in [5.41, 5.74) is 12.3. The molecule has 0 bridgehead atoms. The number of hydrogen-bond acceptors (Lipinski definition) is 2. The number of nitrogens with zero attached hydrogens (tertiary/aromatic N) is 1. The topological polar surface area (TPSA) is 16.4 Å². The molecule has 0 aliphatic rings. The normalized spacial score (nSPS) is 11.8. The van der Waals surface area contributed by atoms with Crippen molar-refractivity contribution < 1.29 is 4.42 Å². The number of hydrogen-bond donors (Lipinski definition) is 0. The first-order valence-corrected chi connectivity index (χ1v) is 18.7. The summed E-state index contributed by atoms with van der Waals surface area (Å²) < 4.78 is 6.67. The third kappa shape index (κ3) is 6.56. The average Bonchev–Trinajstić information content (AvgIpc) is 3.71. The Morgan fingerprint density at radius 3 is 1.45 bits per heavy atom. The minimum absolute atomic E-state index is 0.856. The molecule has 0 spiro atoms. The number of benzene rings is 8. The summed E-state index contributed by atoms with van der Waals surface area (Å²) >= 11 is 0. The molecule has 0 saturated carbocycles. The first kappa shape index (κ1) is 33.7. The van der Waals surface area contributed by atoms with Crippen LogP contribution in [0.25, 0.3) is 71.7 Å². The molecule has 0 aliphatic carbocycles. The van der Waals surface area contributed by atoms with Crippen molar-refractivity contribution in [1.82, 2.24) is 0 Å². The van der Waals surface area contributed by atoms with Crippen molar-refractivity contribution in [3.05, 3.63) is 218 Å². The van der Waals surface area contributed by atoms with E-state index >= 15 is 0 Å². The quantitative estimate of drug-likeness (QED) is 0.110. The molecule has 8 aromatic carbocycles. The molecule has 55 heavy (non-hydrogen) atoms. The Balaban J connectivity index is 1.08. The maximum absolute atomic E-state index is 6.67. The van der Waals surface area contributed by atoms with Crippen LogP contribution in [0.5, 0.6) is 0 Å². The highest BCUT2D eigenvalue weighted by Crippen LogP contribution is 2.41. The first-order valence-electron chi connectivity index (χ1n) is 18.7. The van der Waals surface area contributed by atoms with Crippen LogP contribution in [0.15, 0.2) is 217 Å². The Bertz CT molecular complexity index is 2770. The fraction of sp³-hybridized carbons (Fsp3) is 0.0189. The zero-order valence-electron chi connectivity index (χ0n) is 30.7. The summed E-state index contributed by atoms with van der Waals surface area (Å²) in [6, 6.07) is 65.0. The van der Waals surface area contributed by atoms with Gasteiger partial charge in [-0.1, -0.05) is 158 Å². The third-order valence-electron chi connectivity index (χ3n) is 10.4. The highest BCUT2D eigenvalue weighted by atomic mass is 16.3. The average molecular weight is 706 g/mol. The van der Waals surface area contributed by atoms with Crippen LogP contribution < -0.4 is 4.90 Å². The van der Waals surface area contributed by atoms with Gasteiger partial charge >= 0.3 is 0 Å². The molecular formula is C53H39NO. The van der Waals surface area contributed by atoms with Gasteiger partial charge in [-0.25, -0.2) is 0 Å². The zero-order valence-corrected chi connectivity index (χ0v) is 30.7. The number of allylic oxidation sites excluding steroid dienone is 5. The second kappa shape index (κ2) is 14.7. The molecular weight excluding hydrogens is 667 g/mol. The van der Waals surface area contributed by atoms with Gasteiger partial charge in [0.15, 0.2) is 0 Å². The van der Waals surface area contributed by atoms with Gasteiger partial charge in [0.1, 0.15) is 11.3 Å². The van der Waals surface area contributed by atoms with Crippen LogP contribution in [-0.4, -0.2) is 0 Å². The van der Waals surface area contributed by atoms with Crippen LogP contribution in [0.1, 0.15) is 12.5 Å². The van der Waals surface area contributed by atoms with Crippen LogP contribution in [-0.2, 0) is 0 Å². The second-order valence-electron chi connectivity index (χ2n) is 13.8. The molecule has 0 N–H and O–H groups in total. The van der Waals surface area contributed by atoms with E-state index in [1.807, 2.05) is 12.2 Å². The summed E-state index contributed by atoms with van der Waals surface area (Å²) in [5.74, 6) is 0.856. The van der Waals surface area contributed by atoms with Gasteiger partial charge in [-0.3, -0.25) is 0 Å². The van der Waals surface area contributed by atoms with Gasteiger partial charge in [-0.2, -0.15) is 0 Å². The highest BCUT2D eigenvalue weighted by molar-refractivity contribution is 6.24. The predicted octanol–water partition coefficient (Wildman–Crippen LogP) is 15.4. The molecule has 0 unspecified atom stereocenters.